The largest absolute Gasteiger partial charge is 0.380 e. The molecular weight excluding hydrogens is 336 g/mol. The number of nitrogens with zero attached hydrogens (tertiary/aromatic N) is 2. The minimum Gasteiger partial charge on any atom is -0.380 e. The van der Waals surface area contributed by atoms with Gasteiger partial charge in [0.15, 0.2) is 5.82 Å². The summed E-state index contributed by atoms with van der Waals surface area (Å²) in [6, 6.07) is 9.81. The lowest BCUT2D eigenvalue weighted by Gasteiger charge is -2.07. The first-order valence-electron chi connectivity index (χ1n) is 8.08. The van der Waals surface area contributed by atoms with E-state index in [1.165, 1.54) is 12.4 Å². The van der Waals surface area contributed by atoms with Gasteiger partial charge in [-0.05, 0) is 17.7 Å². The molecule has 4 nitrogen and oxygen atoms in total. The van der Waals surface area contributed by atoms with Gasteiger partial charge in [-0.15, -0.1) is 0 Å². The summed E-state index contributed by atoms with van der Waals surface area (Å²) in [4.78, 5) is 7.92. The Bertz CT molecular complexity index is 980. The third-order valence-electron chi connectivity index (χ3n) is 3.74. The highest BCUT2D eigenvalue weighted by Crippen LogP contribution is 2.22. The molecule has 0 fully saturated rings. The lowest BCUT2D eigenvalue weighted by atomic mass is 10.1. The van der Waals surface area contributed by atoms with E-state index in [1.807, 2.05) is 24.3 Å². The summed E-state index contributed by atoms with van der Waals surface area (Å²) in [7, 11) is 1.64. The summed E-state index contributed by atoms with van der Waals surface area (Å²) in [5.74, 6) is 5.21. The Hall–Kier alpha value is -3.04. The van der Waals surface area contributed by atoms with Crippen LogP contribution in [0, 0.1) is 23.5 Å². The number of aromatic nitrogens is 2. The molecule has 0 bridgehead atoms. The normalized spacial score (nSPS) is 10.4. The molecular formula is C20H17F2N3O. The van der Waals surface area contributed by atoms with Crippen molar-refractivity contribution < 1.29 is 13.5 Å². The predicted molar refractivity (Wildman–Crippen MR) is 96.6 cm³/mol. The molecule has 2 aromatic carbocycles. The summed E-state index contributed by atoms with van der Waals surface area (Å²) in [5.41, 5.74) is 2.04. The molecule has 1 aromatic heterocycles. The zero-order valence-corrected chi connectivity index (χ0v) is 14.2. The van der Waals surface area contributed by atoms with Crippen molar-refractivity contribution in [3.8, 4) is 11.8 Å². The van der Waals surface area contributed by atoms with Crippen LogP contribution in [-0.2, 0) is 11.3 Å². The van der Waals surface area contributed by atoms with Crippen molar-refractivity contribution in [1.29, 1.82) is 0 Å². The average molecular weight is 353 g/mol. The molecule has 6 heteroatoms. The maximum atomic E-state index is 13.8. The van der Waals surface area contributed by atoms with Crippen molar-refractivity contribution >= 4 is 16.7 Å². The van der Waals surface area contributed by atoms with Crippen LogP contribution in [0.1, 0.15) is 17.5 Å². The highest BCUT2D eigenvalue weighted by molar-refractivity contribution is 5.89. The van der Waals surface area contributed by atoms with Crippen LogP contribution in [0.4, 0.5) is 14.6 Å². The van der Waals surface area contributed by atoms with Crippen LogP contribution in [0.15, 0.2) is 42.7 Å². The van der Waals surface area contributed by atoms with Crippen molar-refractivity contribution in [1.82, 2.24) is 9.97 Å². The van der Waals surface area contributed by atoms with Gasteiger partial charge in [0.1, 0.15) is 23.5 Å². The fraction of sp³-hybridized carbons (Fsp3) is 0.200. The van der Waals surface area contributed by atoms with Gasteiger partial charge in [0.25, 0.3) is 0 Å². The van der Waals surface area contributed by atoms with Crippen molar-refractivity contribution in [3.05, 3.63) is 65.5 Å². The van der Waals surface area contributed by atoms with Crippen molar-refractivity contribution in [2.45, 2.75) is 13.0 Å². The molecule has 132 valence electrons. The van der Waals surface area contributed by atoms with Gasteiger partial charge in [-0.3, -0.25) is 0 Å². The van der Waals surface area contributed by atoms with E-state index in [0.717, 1.165) is 17.2 Å². The quantitative estimate of drug-likeness (QED) is 0.558. The smallest absolute Gasteiger partial charge is 0.152 e. The minimum absolute atomic E-state index is 0.0866. The molecule has 0 aliphatic carbocycles. The van der Waals surface area contributed by atoms with Gasteiger partial charge in [-0.25, -0.2) is 18.7 Å². The van der Waals surface area contributed by atoms with Crippen LogP contribution in [-0.4, -0.2) is 23.6 Å². The zero-order valence-electron chi connectivity index (χ0n) is 14.2. The van der Waals surface area contributed by atoms with Gasteiger partial charge in [-0.2, -0.15) is 0 Å². The number of ether oxygens (including phenoxy) is 1. The van der Waals surface area contributed by atoms with E-state index in [1.54, 1.807) is 7.11 Å². The summed E-state index contributed by atoms with van der Waals surface area (Å²) in [6.07, 6.45) is 1.79. The van der Waals surface area contributed by atoms with Crippen LogP contribution in [0.3, 0.4) is 0 Å². The molecule has 0 saturated carbocycles. The second-order valence-corrected chi connectivity index (χ2v) is 5.57. The summed E-state index contributed by atoms with van der Waals surface area (Å²) < 4.78 is 32.4. The molecule has 0 unspecified atom stereocenters. The predicted octanol–water partition coefficient (Wildman–Crippen LogP) is 3.91. The van der Waals surface area contributed by atoms with E-state index in [2.05, 4.69) is 27.1 Å². The Balaban J connectivity index is 1.68. The molecule has 26 heavy (non-hydrogen) atoms. The highest BCUT2D eigenvalue weighted by Gasteiger charge is 2.09. The molecule has 1 heterocycles. The maximum absolute atomic E-state index is 13.8. The van der Waals surface area contributed by atoms with Crippen LogP contribution in [0.2, 0.25) is 0 Å². The van der Waals surface area contributed by atoms with Crippen LogP contribution < -0.4 is 5.32 Å². The van der Waals surface area contributed by atoms with Crippen molar-refractivity contribution in [2.24, 2.45) is 0 Å². The van der Waals surface area contributed by atoms with Crippen molar-refractivity contribution in [3.63, 3.8) is 0 Å². The Morgan fingerprint density at radius 3 is 2.85 bits per heavy atom. The molecule has 0 spiro atoms. The van der Waals surface area contributed by atoms with Crippen LogP contribution in [0.5, 0.6) is 0 Å². The first-order chi connectivity index (χ1) is 12.7. The number of fused-ring (bicyclic) bond motifs is 1. The van der Waals surface area contributed by atoms with E-state index in [-0.39, 0.29) is 5.52 Å². The standard InChI is InChI=1S/C20H17F2N3O/c1-26-12-15-8-3-2-6-14(15)7-4-5-9-23-20-17-10-16(21)11-18(22)19(17)24-13-25-20/h2-3,6,8,10-11,13H,5,9,12H2,1H3,(H,23,24,25). The molecule has 0 saturated heterocycles. The first-order valence-corrected chi connectivity index (χ1v) is 8.08. The van der Waals surface area contributed by atoms with Gasteiger partial charge in [0.2, 0.25) is 0 Å². The fourth-order valence-corrected chi connectivity index (χ4v) is 2.56. The lowest BCUT2D eigenvalue weighted by Crippen LogP contribution is -2.04. The Kier molecular flexibility index (Phi) is 5.72. The Morgan fingerprint density at radius 1 is 1.15 bits per heavy atom. The van der Waals surface area contributed by atoms with Crippen LogP contribution in [0.25, 0.3) is 10.9 Å². The molecule has 0 aliphatic heterocycles. The van der Waals surface area contributed by atoms with Gasteiger partial charge >= 0.3 is 0 Å². The number of hydrogen-bond acceptors (Lipinski definition) is 4. The second-order valence-electron chi connectivity index (χ2n) is 5.57. The minimum atomic E-state index is -0.708. The van der Waals surface area contributed by atoms with E-state index >= 15 is 0 Å². The number of methoxy groups -OCH3 is 1. The van der Waals surface area contributed by atoms with E-state index in [0.29, 0.717) is 30.8 Å². The van der Waals surface area contributed by atoms with E-state index in [9.17, 15) is 8.78 Å². The lowest BCUT2D eigenvalue weighted by molar-refractivity contribution is 0.184. The second kappa shape index (κ2) is 8.37. The van der Waals surface area contributed by atoms with E-state index in [4.69, 9.17) is 4.74 Å². The number of rotatable bonds is 5. The molecule has 0 atom stereocenters. The fourth-order valence-electron chi connectivity index (χ4n) is 2.56. The van der Waals surface area contributed by atoms with Crippen molar-refractivity contribution in [2.75, 3.05) is 19.0 Å². The molecule has 1 N–H and O–H groups in total. The molecule has 0 radical (unpaired) electrons. The van der Waals surface area contributed by atoms with Gasteiger partial charge in [0, 0.05) is 37.1 Å². The molecule has 3 rings (SSSR count). The van der Waals surface area contributed by atoms with E-state index < -0.39 is 11.6 Å². The average Bonchev–Trinajstić information content (AvgIpc) is 2.63. The number of nitrogens with one attached hydrogen (secondary N) is 1. The zero-order chi connectivity index (χ0) is 18.4. The molecule has 0 aliphatic rings. The highest BCUT2D eigenvalue weighted by atomic mass is 19.1. The Morgan fingerprint density at radius 2 is 2.00 bits per heavy atom. The summed E-state index contributed by atoms with van der Waals surface area (Å²) in [6.45, 7) is 0.997. The number of hydrogen-bond donors (Lipinski definition) is 1. The van der Waals surface area contributed by atoms with Gasteiger partial charge in [-0.1, -0.05) is 30.0 Å². The third kappa shape index (κ3) is 4.13. The van der Waals surface area contributed by atoms with Crippen LogP contribution >= 0.6 is 0 Å². The summed E-state index contributed by atoms with van der Waals surface area (Å²) >= 11 is 0. The number of halogens is 2. The monoisotopic (exact) mass is 353 g/mol. The van der Waals surface area contributed by atoms with Gasteiger partial charge in [0.05, 0.1) is 6.61 Å². The van der Waals surface area contributed by atoms with Gasteiger partial charge < -0.3 is 10.1 Å². The SMILES string of the molecule is COCc1ccccc1C#CCCNc1ncnc2c(F)cc(F)cc12. The summed E-state index contributed by atoms with van der Waals surface area (Å²) in [5, 5.41) is 3.37. The molecule has 3 aromatic rings. The number of anilines is 1. The first kappa shape index (κ1) is 17.8. The molecule has 0 amide bonds. The number of benzene rings is 2. The Labute approximate surface area is 150 Å². The third-order valence-corrected chi connectivity index (χ3v) is 3.74. The maximum Gasteiger partial charge on any atom is 0.152 e. The topological polar surface area (TPSA) is 47.0 Å².